The van der Waals surface area contributed by atoms with Crippen molar-refractivity contribution in [3.05, 3.63) is 0 Å². The summed E-state index contributed by atoms with van der Waals surface area (Å²) in [6, 6.07) is 0.175. The van der Waals surface area contributed by atoms with Crippen molar-refractivity contribution in [1.29, 1.82) is 0 Å². The van der Waals surface area contributed by atoms with Gasteiger partial charge in [0.25, 0.3) is 0 Å². The van der Waals surface area contributed by atoms with E-state index < -0.39 is 0 Å². The lowest BCUT2D eigenvalue weighted by atomic mass is 10.0. The molecule has 0 aromatic rings. The van der Waals surface area contributed by atoms with Crippen molar-refractivity contribution < 1.29 is 9.53 Å². The van der Waals surface area contributed by atoms with Crippen LogP contribution in [0.25, 0.3) is 0 Å². The van der Waals surface area contributed by atoms with Crippen LogP contribution >= 0.6 is 0 Å². The van der Waals surface area contributed by atoms with Crippen LogP contribution in [-0.4, -0.2) is 42.6 Å². The molecule has 1 heterocycles. The van der Waals surface area contributed by atoms with Gasteiger partial charge in [-0.25, -0.2) is 0 Å². The highest BCUT2D eigenvalue weighted by molar-refractivity contribution is 5.75. The van der Waals surface area contributed by atoms with Crippen molar-refractivity contribution in [3.8, 4) is 0 Å². The van der Waals surface area contributed by atoms with E-state index in [1.165, 1.54) is 0 Å². The van der Waals surface area contributed by atoms with E-state index in [9.17, 15) is 4.79 Å². The minimum Gasteiger partial charge on any atom is -0.375 e. The van der Waals surface area contributed by atoms with Gasteiger partial charge in [-0.15, -0.1) is 0 Å². The Morgan fingerprint density at radius 3 is 2.63 bits per heavy atom. The molecule has 112 valence electrons. The first-order valence-corrected chi connectivity index (χ1v) is 7.55. The van der Waals surface area contributed by atoms with E-state index in [-0.39, 0.29) is 18.1 Å². The molecule has 1 fully saturated rings. The Morgan fingerprint density at radius 1 is 1.42 bits per heavy atom. The third-order valence-corrected chi connectivity index (χ3v) is 4.08. The van der Waals surface area contributed by atoms with E-state index in [1.807, 2.05) is 7.05 Å². The topological polar surface area (TPSA) is 55.6 Å². The van der Waals surface area contributed by atoms with Crippen LogP contribution in [0.15, 0.2) is 0 Å². The molecule has 3 unspecified atom stereocenters. The van der Waals surface area contributed by atoms with Crippen molar-refractivity contribution >= 4 is 5.91 Å². The molecule has 2 N–H and O–H groups in total. The molecular weight excluding hydrogens is 240 g/mol. The molecule has 0 radical (unpaired) electrons. The number of hydrogen-bond donors (Lipinski definition) is 1. The van der Waals surface area contributed by atoms with Gasteiger partial charge in [-0.1, -0.05) is 13.8 Å². The average molecular weight is 270 g/mol. The molecule has 0 spiro atoms. The minimum atomic E-state index is 0.175. The molecule has 3 atom stereocenters. The molecule has 1 amide bonds. The molecule has 19 heavy (non-hydrogen) atoms. The minimum absolute atomic E-state index is 0.175. The number of hydrogen-bond acceptors (Lipinski definition) is 3. The molecule has 0 aliphatic carbocycles. The molecule has 1 rings (SSSR count). The zero-order valence-electron chi connectivity index (χ0n) is 12.9. The third kappa shape index (κ3) is 5.91. The summed E-state index contributed by atoms with van der Waals surface area (Å²) in [5.41, 5.74) is 6.00. The number of carbonyl (C=O) groups is 1. The van der Waals surface area contributed by atoms with Gasteiger partial charge in [-0.2, -0.15) is 0 Å². The summed E-state index contributed by atoms with van der Waals surface area (Å²) in [5.74, 6) is 0.677. The van der Waals surface area contributed by atoms with Crippen LogP contribution < -0.4 is 5.73 Å². The van der Waals surface area contributed by atoms with Crippen molar-refractivity contribution in [3.63, 3.8) is 0 Å². The molecule has 1 aliphatic rings. The van der Waals surface area contributed by atoms with E-state index >= 15 is 0 Å². The monoisotopic (exact) mass is 270 g/mol. The second kappa shape index (κ2) is 7.85. The molecule has 0 saturated carbocycles. The number of ether oxygens (including phenoxy) is 1. The molecule has 1 saturated heterocycles. The summed E-state index contributed by atoms with van der Waals surface area (Å²) in [4.78, 5) is 13.8. The van der Waals surface area contributed by atoms with Gasteiger partial charge < -0.3 is 15.4 Å². The lowest BCUT2D eigenvalue weighted by Gasteiger charge is -2.22. The van der Waals surface area contributed by atoms with Crippen LogP contribution in [0.1, 0.15) is 52.9 Å². The maximum absolute atomic E-state index is 12.0. The number of carbonyl (C=O) groups excluding carboxylic acids is 1. The summed E-state index contributed by atoms with van der Waals surface area (Å²) >= 11 is 0. The van der Waals surface area contributed by atoms with Crippen LogP contribution in [0.5, 0.6) is 0 Å². The highest BCUT2D eigenvalue weighted by atomic mass is 16.5. The van der Waals surface area contributed by atoms with Crippen molar-refractivity contribution in [2.45, 2.75) is 71.1 Å². The molecule has 4 heteroatoms. The van der Waals surface area contributed by atoms with Crippen molar-refractivity contribution in [2.75, 3.05) is 13.6 Å². The molecule has 0 aromatic heterocycles. The first-order chi connectivity index (χ1) is 8.90. The maximum Gasteiger partial charge on any atom is 0.222 e. The van der Waals surface area contributed by atoms with Crippen LogP contribution in [0.4, 0.5) is 0 Å². The van der Waals surface area contributed by atoms with E-state index in [4.69, 9.17) is 10.5 Å². The Morgan fingerprint density at radius 2 is 2.11 bits per heavy atom. The van der Waals surface area contributed by atoms with Gasteiger partial charge in [0.2, 0.25) is 5.91 Å². The summed E-state index contributed by atoms with van der Waals surface area (Å²) in [6.07, 6.45) is 5.17. The van der Waals surface area contributed by atoms with E-state index in [0.29, 0.717) is 18.4 Å². The highest BCUT2D eigenvalue weighted by Gasteiger charge is 2.23. The van der Waals surface area contributed by atoms with Gasteiger partial charge in [0.05, 0.1) is 12.2 Å². The fraction of sp³-hybridized carbons (Fsp3) is 0.933. The number of amides is 1. The molecule has 0 bridgehead atoms. The number of rotatable bonds is 7. The largest absolute Gasteiger partial charge is 0.375 e. The Kier molecular flexibility index (Phi) is 6.80. The molecule has 0 aromatic carbocycles. The Bertz CT molecular complexity index is 281. The van der Waals surface area contributed by atoms with E-state index in [0.717, 1.165) is 32.2 Å². The quantitative estimate of drug-likeness (QED) is 0.771. The Balaban J connectivity index is 2.18. The standard InChI is InChI=1S/C15H30N2O2/c1-11(2)14(16)9-10-17(4)15(18)8-7-13-6-5-12(3)19-13/h11-14H,5-10,16H2,1-4H3. The van der Waals surface area contributed by atoms with Crippen LogP contribution in [0.2, 0.25) is 0 Å². The Labute approximate surface area is 117 Å². The van der Waals surface area contributed by atoms with Gasteiger partial charge in [0.15, 0.2) is 0 Å². The fourth-order valence-electron chi connectivity index (χ4n) is 2.37. The molecular formula is C15H30N2O2. The lowest BCUT2D eigenvalue weighted by Crippen LogP contribution is -2.34. The third-order valence-electron chi connectivity index (χ3n) is 4.08. The van der Waals surface area contributed by atoms with Crippen molar-refractivity contribution in [2.24, 2.45) is 11.7 Å². The zero-order chi connectivity index (χ0) is 14.4. The van der Waals surface area contributed by atoms with Gasteiger partial charge in [-0.3, -0.25) is 4.79 Å². The molecule has 1 aliphatic heterocycles. The average Bonchev–Trinajstić information content (AvgIpc) is 2.78. The first-order valence-electron chi connectivity index (χ1n) is 7.55. The Hall–Kier alpha value is -0.610. The number of nitrogens with two attached hydrogens (primary N) is 1. The van der Waals surface area contributed by atoms with Crippen molar-refractivity contribution in [1.82, 2.24) is 4.90 Å². The van der Waals surface area contributed by atoms with E-state index in [1.54, 1.807) is 4.90 Å². The van der Waals surface area contributed by atoms with Gasteiger partial charge in [0.1, 0.15) is 0 Å². The highest BCUT2D eigenvalue weighted by Crippen LogP contribution is 2.22. The maximum atomic E-state index is 12.0. The predicted octanol–water partition coefficient (Wildman–Crippen LogP) is 2.17. The van der Waals surface area contributed by atoms with Gasteiger partial charge in [-0.05, 0) is 38.5 Å². The SMILES string of the molecule is CC1CCC(CCC(=O)N(C)CCC(N)C(C)C)O1. The normalized spacial score (nSPS) is 24.7. The van der Waals surface area contributed by atoms with E-state index in [2.05, 4.69) is 20.8 Å². The zero-order valence-corrected chi connectivity index (χ0v) is 12.9. The molecule has 4 nitrogen and oxygen atoms in total. The van der Waals surface area contributed by atoms with Crippen LogP contribution in [0, 0.1) is 5.92 Å². The first kappa shape index (κ1) is 16.4. The summed E-state index contributed by atoms with van der Waals surface area (Å²) < 4.78 is 5.73. The summed E-state index contributed by atoms with van der Waals surface area (Å²) in [5, 5.41) is 0. The van der Waals surface area contributed by atoms with Crippen LogP contribution in [-0.2, 0) is 9.53 Å². The number of nitrogens with zero attached hydrogens (tertiary/aromatic N) is 1. The summed E-state index contributed by atoms with van der Waals surface area (Å²) in [7, 11) is 1.87. The van der Waals surface area contributed by atoms with Gasteiger partial charge >= 0.3 is 0 Å². The van der Waals surface area contributed by atoms with Crippen LogP contribution in [0.3, 0.4) is 0 Å². The lowest BCUT2D eigenvalue weighted by molar-refractivity contribution is -0.130. The second-order valence-electron chi connectivity index (χ2n) is 6.20. The predicted molar refractivity (Wildman–Crippen MR) is 77.9 cm³/mol. The smallest absolute Gasteiger partial charge is 0.222 e. The second-order valence-corrected chi connectivity index (χ2v) is 6.20. The summed E-state index contributed by atoms with van der Waals surface area (Å²) in [6.45, 7) is 7.08. The fourth-order valence-corrected chi connectivity index (χ4v) is 2.37. The van der Waals surface area contributed by atoms with Gasteiger partial charge in [0, 0.05) is 26.1 Å².